The summed E-state index contributed by atoms with van der Waals surface area (Å²) in [5.74, 6) is 0.197. The van der Waals surface area contributed by atoms with E-state index in [1.54, 1.807) is 24.0 Å². The minimum atomic E-state index is -0.453. The van der Waals surface area contributed by atoms with Gasteiger partial charge >= 0.3 is 0 Å². The Morgan fingerprint density at radius 1 is 1.23 bits per heavy atom. The third kappa shape index (κ3) is 3.86. The summed E-state index contributed by atoms with van der Waals surface area (Å²) in [7, 11) is 0. The van der Waals surface area contributed by atoms with Gasteiger partial charge in [-0.15, -0.1) is 12.4 Å². The second-order valence-corrected chi connectivity index (χ2v) is 6.48. The number of nitrogens with zero attached hydrogens (tertiary/aromatic N) is 2. The fraction of sp³-hybridized carbons (Fsp3) is 0.316. The molecule has 3 rings (SSSR count). The van der Waals surface area contributed by atoms with E-state index in [9.17, 15) is 14.9 Å². The van der Waals surface area contributed by atoms with Gasteiger partial charge in [0.15, 0.2) is 0 Å². The van der Waals surface area contributed by atoms with Crippen LogP contribution in [0.2, 0.25) is 0 Å². The third-order valence-corrected chi connectivity index (χ3v) is 4.91. The van der Waals surface area contributed by atoms with Crippen molar-refractivity contribution in [3.8, 4) is 0 Å². The predicted molar refractivity (Wildman–Crippen MR) is 103 cm³/mol. The monoisotopic (exact) mass is 375 g/mol. The van der Waals surface area contributed by atoms with Gasteiger partial charge in [-0.05, 0) is 31.0 Å². The first-order valence-corrected chi connectivity index (χ1v) is 8.30. The van der Waals surface area contributed by atoms with E-state index in [0.717, 1.165) is 0 Å². The van der Waals surface area contributed by atoms with Crippen LogP contribution >= 0.6 is 12.4 Å². The molecule has 6 nitrogen and oxygen atoms in total. The van der Waals surface area contributed by atoms with Gasteiger partial charge in [-0.1, -0.05) is 36.4 Å². The molecule has 0 aliphatic carbocycles. The van der Waals surface area contributed by atoms with E-state index in [4.69, 9.17) is 5.73 Å². The van der Waals surface area contributed by atoms with E-state index in [-0.39, 0.29) is 35.8 Å². The second-order valence-electron chi connectivity index (χ2n) is 6.48. The number of carbonyl (C=O) groups is 1. The van der Waals surface area contributed by atoms with Crippen LogP contribution in [0.5, 0.6) is 0 Å². The lowest BCUT2D eigenvalue weighted by molar-refractivity contribution is -0.385. The maximum Gasteiger partial charge on any atom is 0.273 e. The number of nitrogens with two attached hydrogens (primary N) is 1. The maximum atomic E-state index is 12.8. The highest BCUT2D eigenvalue weighted by Gasteiger charge is 2.35. The molecule has 138 valence electrons. The predicted octanol–water partition coefficient (Wildman–Crippen LogP) is 3.14. The number of nitro groups is 1. The number of hydrogen-bond acceptors (Lipinski definition) is 4. The van der Waals surface area contributed by atoms with Crippen LogP contribution in [0.3, 0.4) is 0 Å². The Morgan fingerprint density at radius 2 is 1.92 bits per heavy atom. The van der Waals surface area contributed by atoms with E-state index >= 15 is 0 Å². The number of aryl methyl sites for hydroxylation is 1. The SMILES string of the molecule is Cc1ccc(C(=O)N2C[C@@H](CN)[C@H](c3ccccc3)C2)cc1[N+](=O)[O-].Cl. The van der Waals surface area contributed by atoms with Crippen molar-refractivity contribution in [3.05, 3.63) is 75.3 Å². The smallest absolute Gasteiger partial charge is 0.273 e. The number of likely N-dealkylation sites (tertiary alicyclic amines) is 1. The topological polar surface area (TPSA) is 89.5 Å². The Labute approximate surface area is 158 Å². The van der Waals surface area contributed by atoms with Gasteiger partial charge in [0, 0.05) is 36.2 Å². The van der Waals surface area contributed by atoms with Crippen molar-refractivity contribution in [2.45, 2.75) is 12.8 Å². The molecule has 1 amide bonds. The third-order valence-electron chi connectivity index (χ3n) is 4.91. The van der Waals surface area contributed by atoms with Crippen molar-refractivity contribution in [1.82, 2.24) is 4.90 Å². The van der Waals surface area contributed by atoms with E-state index in [1.807, 2.05) is 18.2 Å². The number of halogens is 1. The first-order chi connectivity index (χ1) is 12.0. The van der Waals surface area contributed by atoms with Crippen LogP contribution in [0, 0.1) is 23.0 Å². The molecule has 2 N–H and O–H groups in total. The highest BCUT2D eigenvalue weighted by atomic mass is 35.5. The van der Waals surface area contributed by atoms with Crippen LogP contribution in [-0.4, -0.2) is 35.4 Å². The van der Waals surface area contributed by atoms with Gasteiger partial charge in [0.2, 0.25) is 0 Å². The summed E-state index contributed by atoms with van der Waals surface area (Å²) in [5.41, 5.74) is 7.96. The number of nitro benzene ring substituents is 1. The molecule has 1 saturated heterocycles. The average molecular weight is 376 g/mol. The van der Waals surface area contributed by atoms with Crippen LogP contribution in [0.4, 0.5) is 5.69 Å². The van der Waals surface area contributed by atoms with Gasteiger partial charge in [-0.25, -0.2) is 0 Å². The highest BCUT2D eigenvalue weighted by Crippen LogP contribution is 2.33. The minimum absolute atomic E-state index is 0. The molecular weight excluding hydrogens is 354 g/mol. The average Bonchev–Trinajstić information content (AvgIpc) is 3.06. The van der Waals surface area contributed by atoms with Gasteiger partial charge < -0.3 is 10.6 Å². The quantitative estimate of drug-likeness (QED) is 0.656. The molecule has 1 aliphatic rings. The largest absolute Gasteiger partial charge is 0.338 e. The van der Waals surface area contributed by atoms with E-state index < -0.39 is 4.92 Å². The lowest BCUT2D eigenvalue weighted by Gasteiger charge is -2.17. The molecular formula is C19H22ClN3O3. The highest BCUT2D eigenvalue weighted by molar-refractivity contribution is 5.95. The van der Waals surface area contributed by atoms with Crippen LogP contribution in [0.1, 0.15) is 27.4 Å². The summed E-state index contributed by atoms with van der Waals surface area (Å²) in [4.78, 5) is 25.3. The van der Waals surface area contributed by atoms with Crippen molar-refractivity contribution < 1.29 is 9.72 Å². The Bertz CT molecular complexity index is 798. The number of carbonyl (C=O) groups excluding carboxylic acids is 1. The molecule has 0 radical (unpaired) electrons. The first-order valence-electron chi connectivity index (χ1n) is 8.30. The summed E-state index contributed by atoms with van der Waals surface area (Å²) >= 11 is 0. The summed E-state index contributed by atoms with van der Waals surface area (Å²) < 4.78 is 0. The standard InChI is InChI=1S/C19H21N3O3.ClH/c1-13-7-8-15(9-18(13)22(24)25)19(23)21-11-16(10-20)17(12-21)14-5-3-2-4-6-14;/h2-9,16-17H,10-12,20H2,1H3;1H/t16-,17+;/m1./s1. The zero-order valence-electron chi connectivity index (χ0n) is 14.5. The molecule has 26 heavy (non-hydrogen) atoms. The second kappa shape index (κ2) is 8.29. The molecule has 2 aromatic carbocycles. The zero-order valence-corrected chi connectivity index (χ0v) is 15.3. The maximum absolute atomic E-state index is 12.8. The minimum Gasteiger partial charge on any atom is -0.338 e. The molecule has 7 heteroatoms. The molecule has 1 heterocycles. The number of hydrogen-bond donors (Lipinski definition) is 1. The molecule has 1 fully saturated rings. The molecule has 0 bridgehead atoms. The summed E-state index contributed by atoms with van der Waals surface area (Å²) in [6.07, 6.45) is 0. The van der Waals surface area contributed by atoms with Gasteiger partial charge in [-0.2, -0.15) is 0 Å². The Morgan fingerprint density at radius 3 is 2.54 bits per heavy atom. The molecule has 0 unspecified atom stereocenters. The van der Waals surface area contributed by atoms with Crippen LogP contribution < -0.4 is 5.73 Å². The number of amides is 1. The number of rotatable bonds is 4. The molecule has 2 aromatic rings. The number of benzene rings is 2. The van der Waals surface area contributed by atoms with Crippen molar-refractivity contribution in [3.63, 3.8) is 0 Å². The van der Waals surface area contributed by atoms with Crippen LogP contribution in [0.25, 0.3) is 0 Å². The molecule has 2 atom stereocenters. The normalized spacial score (nSPS) is 19.1. The summed E-state index contributed by atoms with van der Waals surface area (Å²) in [5, 5.41) is 11.1. The van der Waals surface area contributed by atoms with Gasteiger partial charge in [-0.3, -0.25) is 14.9 Å². The Balaban J connectivity index is 0.00000243. The van der Waals surface area contributed by atoms with Crippen molar-refractivity contribution in [1.29, 1.82) is 0 Å². The van der Waals surface area contributed by atoms with Gasteiger partial charge in [0.1, 0.15) is 0 Å². The Hall–Kier alpha value is -2.44. The van der Waals surface area contributed by atoms with Crippen LogP contribution in [0.15, 0.2) is 48.5 Å². The molecule has 0 spiro atoms. The van der Waals surface area contributed by atoms with Crippen molar-refractivity contribution in [2.75, 3.05) is 19.6 Å². The fourth-order valence-electron chi connectivity index (χ4n) is 3.48. The van der Waals surface area contributed by atoms with E-state index in [2.05, 4.69) is 12.1 Å². The lowest BCUT2D eigenvalue weighted by atomic mass is 9.89. The van der Waals surface area contributed by atoms with E-state index in [1.165, 1.54) is 11.6 Å². The summed E-state index contributed by atoms with van der Waals surface area (Å²) in [6.45, 7) is 3.30. The fourth-order valence-corrected chi connectivity index (χ4v) is 3.48. The van der Waals surface area contributed by atoms with Gasteiger partial charge in [0.05, 0.1) is 4.92 Å². The van der Waals surface area contributed by atoms with Crippen molar-refractivity contribution >= 4 is 24.0 Å². The Kier molecular flexibility index (Phi) is 6.34. The van der Waals surface area contributed by atoms with Crippen LogP contribution in [-0.2, 0) is 0 Å². The molecule has 0 aromatic heterocycles. The first kappa shape index (κ1) is 19.9. The van der Waals surface area contributed by atoms with Gasteiger partial charge in [0.25, 0.3) is 11.6 Å². The lowest BCUT2D eigenvalue weighted by Crippen LogP contribution is -2.29. The zero-order chi connectivity index (χ0) is 18.0. The molecule has 0 saturated carbocycles. The van der Waals surface area contributed by atoms with E-state index in [0.29, 0.717) is 30.8 Å². The summed E-state index contributed by atoms with van der Waals surface area (Å²) in [6, 6.07) is 14.7. The van der Waals surface area contributed by atoms with Crippen molar-refractivity contribution in [2.24, 2.45) is 11.7 Å². The molecule has 1 aliphatic heterocycles.